The summed E-state index contributed by atoms with van der Waals surface area (Å²) in [6, 6.07) is 0. The Hall–Kier alpha value is -1.39. The first-order valence-corrected chi connectivity index (χ1v) is 5.92. The van der Waals surface area contributed by atoms with Crippen LogP contribution in [0, 0.1) is 5.92 Å². The van der Waals surface area contributed by atoms with E-state index in [9.17, 15) is 9.59 Å². The van der Waals surface area contributed by atoms with E-state index in [1.807, 2.05) is 0 Å². The summed E-state index contributed by atoms with van der Waals surface area (Å²) < 4.78 is 0. The van der Waals surface area contributed by atoms with Crippen LogP contribution < -0.4 is 10.6 Å². The SMILES string of the molecule is O=C1NC(=NCCC2CCCCC2)NC1=O. The second kappa shape index (κ2) is 5.09. The van der Waals surface area contributed by atoms with Gasteiger partial charge in [0.05, 0.1) is 0 Å². The van der Waals surface area contributed by atoms with Gasteiger partial charge in [-0.2, -0.15) is 0 Å². The molecule has 0 aromatic carbocycles. The highest BCUT2D eigenvalue weighted by Gasteiger charge is 2.24. The Bertz CT molecular complexity index is 301. The van der Waals surface area contributed by atoms with E-state index in [1.165, 1.54) is 32.1 Å². The molecule has 5 nitrogen and oxygen atoms in total. The summed E-state index contributed by atoms with van der Waals surface area (Å²) in [5.41, 5.74) is 0. The lowest BCUT2D eigenvalue weighted by molar-refractivity contribution is -0.135. The lowest BCUT2D eigenvalue weighted by atomic mass is 9.87. The molecule has 2 fully saturated rings. The van der Waals surface area contributed by atoms with E-state index >= 15 is 0 Å². The lowest BCUT2D eigenvalue weighted by Gasteiger charge is -2.20. The fourth-order valence-electron chi connectivity index (χ4n) is 2.27. The van der Waals surface area contributed by atoms with E-state index in [1.54, 1.807) is 0 Å². The zero-order valence-corrected chi connectivity index (χ0v) is 9.29. The molecule has 0 bridgehead atoms. The number of rotatable bonds is 3. The number of carbonyl (C=O) groups is 2. The number of nitrogens with zero attached hydrogens (tertiary/aromatic N) is 1. The summed E-state index contributed by atoms with van der Waals surface area (Å²) >= 11 is 0. The van der Waals surface area contributed by atoms with Gasteiger partial charge < -0.3 is 0 Å². The quantitative estimate of drug-likeness (QED) is 0.686. The Labute approximate surface area is 94.7 Å². The molecule has 2 amide bonds. The second-order valence-electron chi connectivity index (χ2n) is 4.43. The summed E-state index contributed by atoms with van der Waals surface area (Å²) in [5.74, 6) is -0.149. The molecule has 1 aliphatic heterocycles. The van der Waals surface area contributed by atoms with Crippen molar-refractivity contribution in [1.82, 2.24) is 10.6 Å². The molecule has 0 aromatic rings. The molecule has 2 rings (SSSR count). The van der Waals surface area contributed by atoms with E-state index in [0.717, 1.165) is 12.3 Å². The molecule has 0 atom stereocenters. The van der Waals surface area contributed by atoms with Crippen LogP contribution in [0.2, 0.25) is 0 Å². The summed E-state index contributed by atoms with van der Waals surface area (Å²) in [6.07, 6.45) is 7.66. The molecule has 1 saturated carbocycles. The minimum atomic E-state index is -0.614. The van der Waals surface area contributed by atoms with Crippen LogP contribution in [0.3, 0.4) is 0 Å². The molecule has 5 heteroatoms. The highest BCUT2D eigenvalue weighted by Crippen LogP contribution is 2.25. The molecule has 1 aliphatic carbocycles. The zero-order valence-electron chi connectivity index (χ0n) is 9.29. The summed E-state index contributed by atoms with van der Waals surface area (Å²) in [5, 5.41) is 4.78. The molecule has 0 radical (unpaired) electrons. The number of hydrogen-bond acceptors (Lipinski definition) is 3. The molecule has 0 unspecified atom stereocenters. The molecule has 1 saturated heterocycles. The first-order valence-electron chi connectivity index (χ1n) is 5.92. The maximum atomic E-state index is 10.8. The van der Waals surface area contributed by atoms with Crippen LogP contribution in [-0.4, -0.2) is 24.3 Å². The fourth-order valence-corrected chi connectivity index (χ4v) is 2.27. The van der Waals surface area contributed by atoms with Crippen molar-refractivity contribution >= 4 is 17.8 Å². The van der Waals surface area contributed by atoms with Gasteiger partial charge in [-0.3, -0.25) is 25.2 Å². The number of hydrogen-bond donors (Lipinski definition) is 2. The van der Waals surface area contributed by atoms with E-state index < -0.39 is 11.8 Å². The van der Waals surface area contributed by atoms with Gasteiger partial charge in [0.25, 0.3) is 0 Å². The van der Waals surface area contributed by atoms with Crippen molar-refractivity contribution in [2.24, 2.45) is 10.9 Å². The third kappa shape index (κ3) is 2.81. The molecule has 0 spiro atoms. The monoisotopic (exact) mass is 223 g/mol. The van der Waals surface area contributed by atoms with E-state index in [4.69, 9.17) is 0 Å². The third-order valence-electron chi connectivity index (χ3n) is 3.20. The van der Waals surface area contributed by atoms with Crippen molar-refractivity contribution < 1.29 is 9.59 Å². The number of carbonyl (C=O) groups excluding carboxylic acids is 2. The third-order valence-corrected chi connectivity index (χ3v) is 3.20. The Kier molecular flexibility index (Phi) is 3.54. The predicted molar refractivity (Wildman–Crippen MR) is 59.8 cm³/mol. The number of amides is 2. The minimum Gasteiger partial charge on any atom is -0.288 e. The predicted octanol–water partition coefficient (Wildman–Crippen LogP) is 0.559. The Morgan fingerprint density at radius 1 is 1.06 bits per heavy atom. The summed E-state index contributed by atoms with van der Waals surface area (Å²) in [4.78, 5) is 25.9. The van der Waals surface area contributed by atoms with Crippen molar-refractivity contribution in [3.63, 3.8) is 0 Å². The van der Waals surface area contributed by atoms with Gasteiger partial charge >= 0.3 is 11.8 Å². The topological polar surface area (TPSA) is 70.6 Å². The lowest BCUT2D eigenvalue weighted by Crippen LogP contribution is -2.26. The molecule has 88 valence electrons. The average molecular weight is 223 g/mol. The van der Waals surface area contributed by atoms with Gasteiger partial charge in [-0.25, -0.2) is 0 Å². The summed E-state index contributed by atoms with van der Waals surface area (Å²) in [6.45, 7) is 0.681. The van der Waals surface area contributed by atoms with Crippen LogP contribution in [0.4, 0.5) is 0 Å². The highest BCUT2D eigenvalue weighted by atomic mass is 16.2. The van der Waals surface area contributed by atoms with Crippen LogP contribution in [-0.2, 0) is 9.59 Å². The van der Waals surface area contributed by atoms with Gasteiger partial charge in [-0.05, 0) is 12.3 Å². The van der Waals surface area contributed by atoms with Crippen molar-refractivity contribution in [2.45, 2.75) is 38.5 Å². The Morgan fingerprint density at radius 3 is 2.31 bits per heavy atom. The zero-order chi connectivity index (χ0) is 11.4. The number of guanidine groups is 1. The van der Waals surface area contributed by atoms with Gasteiger partial charge in [0.15, 0.2) is 0 Å². The highest BCUT2D eigenvalue weighted by molar-refractivity contribution is 6.45. The summed E-state index contributed by atoms with van der Waals surface area (Å²) in [7, 11) is 0. The van der Waals surface area contributed by atoms with Gasteiger partial charge in [0.1, 0.15) is 0 Å². The molecule has 2 N–H and O–H groups in total. The normalized spacial score (nSPS) is 21.9. The first-order chi connectivity index (χ1) is 7.75. The van der Waals surface area contributed by atoms with Crippen LogP contribution in [0.5, 0.6) is 0 Å². The molecule has 1 heterocycles. The van der Waals surface area contributed by atoms with Crippen LogP contribution in [0.1, 0.15) is 38.5 Å². The molecular weight excluding hydrogens is 206 g/mol. The number of nitrogens with one attached hydrogen (secondary N) is 2. The first kappa shape index (κ1) is 11.1. The molecule has 2 aliphatic rings. The minimum absolute atomic E-state index is 0.311. The van der Waals surface area contributed by atoms with Crippen molar-refractivity contribution in [3.8, 4) is 0 Å². The Morgan fingerprint density at radius 2 is 1.69 bits per heavy atom. The average Bonchev–Trinajstić information content (AvgIpc) is 2.60. The van der Waals surface area contributed by atoms with Gasteiger partial charge in [-0.1, -0.05) is 32.1 Å². The van der Waals surface area contributed by atoms with Crippen molar-refractivity contribution in [1.29, 1.82) is 0 Å². The van der Waals surface area contributed by atoms with Gasteiger partial charge in [0, 0.05) is 6.54 Å². The second-order valence-corrected chi connectivity index (χ2v) is 4.43. The van der Waals surface area contributed by atoms with Crippen molar-refractivity contribution in [2.75, 3.05) is 6.54 Å². The van der Waals surface area contributed by atoms with Crippen molar-refractivity contribution in [3.05, 3.63) is 0 Å². The number of aliphatic imine (C=N–C) groups is 1. The van der Waals surface area contributed by atoms with Gasteiger partial charge in [-0.15, -0.1) is 0 Å². The fraction of sp³-hybridized carbons (Fsp3) is 0.727. The smallest absolute Gasteiger partial charge is 0.288 e. The van der Waals surface area contributed by atoms with Gasteiger partial charge in [0.2, 0.25) is 5.96 Å². The van der Waals surface area contributed by atoms with E-state index in [-0.39, 0.29) is 0 Å². The Balaban J connectivity index is 1.72. The molecule has 0 aromatic heterocycles. The van der Waals surface area contributed by atoms with Crippen LogP contribution >= 0.6 is 0 Å². The molecule has 16 heavy (non-hydrogen) atoms. The standard InChI is InChI=1S/C11H17N3O2/c15-9-10(16)14-11(13-9)12-7-6-8-4-2-1-3-5-8/h8H,1-7H2,(H2,12,13,14,15,16). The molecular formula is C11H17N3O2. The largest absolute Gasteiger partial charge is 0.316 e. The van der Waals surface area contributed by atoms with E-state index in [0.29, 0.717) is 12.5 Å². The maximum absolute atomic E-state index is 10.8. The van der Waals surface area contributed by atoms with E-state index in [2.05, 4.69) is 15.6 Å². The maximum Gasteiger partial charge on any atom is 0.316 e. The van der Waals surface area contributed by atoms with Crippen LogP contribution in [0.25, 0.3) is 0 Å². The van der Waals surface area contributed by atoms with Crippen LogP contribution in [0.15, 0.2) is 4.99 Å².